The molecule has 1 atom stereocenters. The molecule has 1 saturated carbocycles. The zero-order valence-electron chi connectivity index (χ0n) is 14.8. The lowest BCUT2D eigenvalue weighted by atomic mass is 9.94. The smallest absolute Gasteiger partial charge is 0.222 e. The summed E-state index contributed by atoms with van der Waals surface area (Å²) in [5, 5.41) is 0. The summed E-state index contributed by atoms with van der Waals surface area (Å²) in [6.45, 7) is 4.72. The predicted octanol–water partition coefficient (Wildman–Crippen LogP) is 1.13. The average Bonchev–Trinajstić information content (AvgIpc) is 3.05. The lowest BCUT2D eigenvalue weighted by Gasteiger charge is -2.41. The third kappa shape index (κ3) is 4.49. The lowest BCUT2D eigenvalue weighted by Crippen LogP contribution is -2.52. The van der Waals surface area contributed by atoms with Crippen molar-refractivity contribution in [2.24, 2.45) is 5.92 Å². The van der Waals surface area contributed by atoms with Gasteiger partial charge >= 0.3 is 0 Å². The minimum Gasteiger partial charge on any atom is -0.340 e. The Morgan fingerprint density at radius 1 is 0.958 bits per heavy atom. The van der Waals surface area contributed by atoms with E-state index in [-0.39, 0.29) is 11.8 Å². The van der Waals surface area contributed by atoms with E-state index >= 15 is 0 Å². The van der Waals surface area contributed by atoms with Crippen molar-refractivity contribution in [2.45, 2.75) is 51.0 Å². The number of rotatable bonds is 4. The fraction of sp³-hybridized carbons (Fsp3) is 0.941. The number of amides is 1. The summed E-state index contributed by atoms with van der Waals surface area (Å²) in [7, 11) is -3.11. The molecule has 1 unspecified atom stereocenters. The first kappa shape index (κ1) is 18.1. The number of sulfonamides is 1. The van der Waals surface area contributed by atoms with Gasteiger partial charge in [-0.3, -0.25) is 9.69 Å². The van der Waals surface area contributed by atoms with Crippen molar-refractivity contribution in [3.63, 3.8) is 0 Å². The molecule has 24 heavy (non-hydrogen) atoms. The molecule has 3 aliphatic rings. The van der Waals surface area contributed by atoms with Gasteiger partial charge in [-0.1, -0.05) is 19.3 Å². The highest BCUT2D eigenvalue weighted by Gasteiger charge is 2.32. The second-order valence-corrected chi connectivity index (χ2v) is 9.67. The number of hydrogen-bond acceptors (Lipinski definition) is 4. The standard InChI is InChI=1S/C17H31N3O3S/c1-24(22,23)20-8-7-15(14-20)13-17(21)19-11-9-18(10-12-19)16-5-3-2-4-6-16/h15-16H,2-14H2,1H3. The molecule has 2 heterocycles. The predicted molar refractivity (Wildman–Crippen MR) is 94.2 cm³/mol. The molecule has 0 bridgehead atoms. The first-order valence-corrected chi connectivity index (χ1v) is 11.3. The van der Waals surface area contributed by atoms with Gasteiger partial charge in [-0.2, -0.15) is 0 Å². The van der Waals surface area contributed by atoms with Crippen LogP contribution in [0.3, 0.4) is 0 Å². The number of carbonyl (C=O) groups excluding carboxylic acids is 1. The number of carbonyl (C=O) groups is 1. The molecule has 138 valence electrons. The van der Waals surface area contributed by atoms with Crippen LogP contribution in [0.25, 0.3) is 0 Å². The summed E-state index contributed by atoms with van der Waals surface area (Å²) >= 11 is 0. The zero-order chi connectivity index (χ0) is 17.2. The molecule has 2 aliphatic heterocycles. The van der Waals surface area contributed by atoms with Gasteiger partial charge in [-0.15, -0.1) is 0 Å². The maximum Gasteiger partial charge on any atom is 0.222 e. The highest BCUT2D eigenvalue weighted by atomic mass is 32.2. The van der Waals surface area contributed by atoms with E-state index in [0.717, 1.165) is 38.6 Å². The second-order valence-electron chi connectivity index (χ2n) is 7.69. The van der Waals surface area contributed by atoms with Gasteiger partial charge in [0.1, 0.15) is 0 Å². The van der Waals surface area contributed by atoms with Crippen molar-refractivity contribution in [1.29, 1.82) is 0 Å². The molecule has 3 rings (SSSR count). The molecule has 7 heteroatoms. The Kier molecular flexibility index (Phi) is 5.82. The van der Waals surface area contributed by atoms with Crippen LogP contribution >= 0.6 is 0 Å². The summed E-state index contributed by atoms with van der Waals surface area (Å²) in [6, 6.07) is 0.731. The van der Waals surface area contributed by atoms with Crippen LogP contribution in [0.1, 0.15) is 44.9 Å². The molecule has 1 amide bonds. The van der Waals surface area contributed by atoms with E-state index in [9.17, 15) is 13.2 Å². The molecular weight excluding hydrogens is 326 g/mol. The molecule has 0 radical (unpaired) electrons. The molecule has 2 saturated heterocycles. The minimum absolute atomic E-state index is 0.184. The monoisotopic (exact) mass is 357 g/mol. The fourth-order valence-corrected chi connectivity index (χ4v) is 5.34. The SMILES string of the molecule is CS(=O)(=O)N1CCC(CC(=O)N2CCN(C3CCCCC3)CC2)C1. The summed E-state index contributed by atoms with van der Waals surface area (Å²) < 4.78 is 24.7. The van der Waals surface area contributed by atoms with E-state index in [1.165, 1.54) is 42.7 Å². The van der Waals surface area contributed by atoms with Gasteiger partial charge < -0.3 is 4.90 Å². The van der Waals surface area contributed by atoms with Crippen LogP contribution < -0.4 is 0 Å². The topological polar surface area (TPSA) is 60.9 Å². The Bertz CT molecular complexity index is 537. The Hall–Kier alpha value is -0.660. The van der Waals surface area contributed by atoms with Gasteiger partial charge in [0.2, 0.25) is 15.9 Å². The van der Waals surface area contributed by atoms with Crippen LogP contribution in [0, 0.1) is 5.92 Å². The first-order chi connectivity index (χ1) is 11.4. The van der Waals surface area contributed by atoms with E-state index in [2.05, 4.69) is 4.90 Å². The maximum absolute atomic E-state index is 12.5. The molecule has 1 aliphatic carbocycles. The highest BCUT2D eigenvalue weighted by Crippen LogP contribution is 2.25. The van der Waals surface area contributed by atoms with Crippen molar-refractivity contribution >= 4 is 15.9 Å². The Morgan fingerprint density at radius 2 is 1.62 bits per heavy atom. The molecule has 6 nitrogen and oxygen atoms in total. The van der Waals surface area contributed by atoms with Crippen LogP contribution in [0.2, 0.25) is 0 Å². The summed E-state index contributed by atoms with van der Waals surface area (Å²) in [5.41, 5.74) is 0. The van der Waals surface area contributed by atoms with Crippen molar-refractivity contribution < 1.29 is 13.2 Å². The van der Waals surface area contributed by atoms with Crippen molar-refractivity contribution in [1.82, 2.24) is 14.1 Å². The van der Waals surface area contributed by atoms with Gasteiger partial charge in [0.25, 0.3) is 0 Å². The Morgan fingerprint density at radius 3 is 2.21 bits per heavy atom. The lowest BCUT2D eigenvalue weighted by molar-refractivity contribution is -0.134. The van der Waals surface area contributed by atoms with Crippen molar-refractivity contribution in [3.8, 4) is 0 Å². The molecule has 0 aromatic heterocycles. The maximum atomic E-state index is 12.5. The normalized spacial score (nSPS) is 28.4. The van der Waals surface area contributed by atoms with Crippen LogP contribution in [0.4, 0.5) is 0 Å². The average molecular weight is 358 g/mol. The van der Waals surface area contributed by atoms with E-state index in [4.69, 9.17) is 0 Å². The molecule has 3 fully saturated rings. The fourth-order valence-electron chi connectivity index (χ4n) is 4.42. The first-order valence-electron chi connectivity index (χ1n) is 9.40. The molecule has 0 spiro atoms. The van der Waals surface area contributed by atoms with Crippen molar-refractivity contribution in [3.05, 3.63) is 0 Å². The van der Waals surface area contributed by atoms with Crippen molar-refractivity contribution in [2.75, 3.05) is 45.5 Å². The van der Waals surface area contributed by atoms with Gasteiger partial charge in [0.15, 0.2) is 0 Å². The van der Waals surface area contributed by atoms with Gasteiger partial charge in [0, 0.05) is 51.7 Å². The second kappa shape index (κ2) is 7.70. The van der Waals surface area contributed by atoms with Crippen LogP contribution in [0.5, 0.6) is 0 Å². The summed E-state index contributed by atoms with van der Waals surface area (Å²) in [5.74, 6) is 0.391. The molecule has 0 aromatic rings. The quantitative estimate of drug-likeness (QED) is 0.757. The van der Waals surface area contributed by atoms with E-state index in [1.807, 2.05) is 4.90 Å². The highest BCUT2D eigenvalue weighted by molar-refractivity contribution is 7.88. The number of piperazine rings is 1. The number of hydrogen-bond donors (Lipinski definition) is 0. The Labute approximate surface area is 146 Å². The molecule has 0 N–H and O–H groups in total. The van der Waals surface area contributed by atoms with Crippen LogP contribution in [-0.4, -0.2) is 80.0 Å². The third-order valence-corrected chi connectivity index (χ3v) is 7.21. The van der Waals surface area contributed by atoms with E-state index in [0.29, 0.717) is 19.5 Å². The van der Waals surface area contributed by atoms with Gasteiger partial charge in [-0.05, 0) is 25.2 Å². The molecule has 0 aromatic carbocycles. The minimum atomic E-state index is -3.11. The molecular formula is C17H31N3O3S. The van der Waals surface area contributed by atoms with E-state index < -0.39 is 10.0 Å². The number of nitrogens with zero attached hydrogens (tertiary/aromatic N) is 3. The van der Waals surface area contributed by atoms with Crippen LogP contribution in [-0.2, 0) is 14.8 Å². The summed E-state index contributed by atoms with van der Waals surface area (Å²) in [6.07, 6.45) is 9.26. The third-order valence-electron chi connectivity index (χ3n) is 5.94. The Balaban J connectivity index is 1.42. The largest absolute Gasteiger partial charge is 0.340 e. The summed E-state index contributed by atoms with van der Waals surface area (Å²) in [4.78, 5) is 17.1. The zero-order valence-corrected chi connectivity index (χ0v) is 15.6. The van der Waals surface area contributed by atoms with Crippen LogP contribution in [0.15, 0.2) is 0 Å². The van der Waals surface area contributed by atoms with E-state index in [1.54, 1.807) is 0 Å². The van der Waals surface area contributed by atoms with Gasteiger partial charge in [-0.25, -0.2) is 12.7 Å². The van der Waals surface area contributed by atoms with Gasteiger partial charge in [0.05, 0.1) is 6.26 Å².